The van der Waals surface area contributed by atoms with E-state index >= 15 is 0 Å². The van der Waals surface area contributed by atoms with Gasteiger partial charge in [-0.2, -0.15) is 4.31 Å². The molecule has 0 unspecified atom stereocenters. The molecule has 146 valence electrons. The molecule has 0 aliphatic carbocycles. The first-order valence-electron chi connectivity index (χ1n) is 8.81. The van der Waals surface area contributed by atoms with Gasteiger partial charge in [0.1, 0.15) is 9.88 Å². The first-order valence-corrected chi connectivity index (χ1v) is 11.9. The van der Waals surface area contributed by atoms with Crippen molar-refractivity contribution in [1.29, 1.82) is 0 Å². The summed E-state index contributed by atoms with van der Waals surface area (Å²) < 4.78 is 27.0. The number of hydrogen-bond donors (Lipinski definition) is 0. The van der Waals surface area contributed by atoms with Crippen LogP contribution in [0.15, 0.2) is 52.9 Å². The molecule has 1 saturated heterocycles. The molecule has 9 heteroatoms. The fourth-order valence-electron chi connectivity index (χ4n) is 3.03. The summed E-state index contributed by atoms with van der Waals surface area (Å²) in [4.78, 5) is 20.7. The van der Waals surface area contributed by atoms with Crippen LogP contribution in [0.5, 0.6) is 0 Å². The van der Waals surface area contributed by atoms with Gasteiger partial charge in [-0.05, 0) is 30.5 Å². The van der Waals surface area contributed by atoms with Crippen LogP contribution in [0.1, 0.15) is 15.2 Å². The molecular formula is C19H19N3O3S3. The molecule has 3 aromatic rings. The van der Waals surface area contributed by atoms with Gasteiger partial charge in [-0.1, -0.05) is 23.8 Å². The summed E-state index contributed by atoms with van der Waals surface area (Å²) in [6, 6.07) is 10.8. The predicted octanol–water partition coefficient (Wildman–Crippen LogP) is 3.33. The third kappa shape index (κ3) is 3.75. The van der Waals surface area contributed by atoms with Gasteiger partial charge in [0, 0.05) is 26.2 Å². The molecule has 0 N–H and O–H groups in total. The molecule has 3 heterocycles. The number of amides is 1. The molecule has 1 aromatic carbocycles. The number of carbonyl (C=O) groups is 1. The van der Waals surface area contributed by atoms with E-state index in [0.717, 1.165) is 15.4 Å². The smallest absolute Gasteiger partial charge is 0.265 e. The van der Waals surface area contributed by atoms with E-state index in [1.807, 2.05) is 24.4 Å². The minimum Gasteiger partial charge on any atom is -0.335 e. The number of sulfonamides is 1. The number of thiophene rings is 1. The summed E-state index contributed by atoms with van der Waals surface area (Å²) in [7, 11) is -3.53. The van der Waals surface area contributed by atoms with Crippen molar-refractivity contribution in [2.75, 3.05) is 26.2 Å². The molecule has 2 aromatic heterocycles. The van der Waals surface area contributed by atoms with E-state index in [1.165, 1.54) is 15.6 Å². The van der Waals surface area contributed by atoms with Gasteiger partial charge in [0.05, 0.1) is 16.0 Å². The highest BCUT2D eigenvalue weighted by Crippen LogP contribution is 2.29. The van der Waals surface area contributed by atoms with Crippen LogP contribution in [0.25, 0.3) is 9.88 Å². The van der Waals surface area contributed by atoms with Crippen LogP contribution in [-0.4, -0.2) is 54.7 Å². The van der Waals surface area contributed by atoms with Gasteiger partial charge in [-0.3, -0.25) is 4.79 Å². The quantitative estimate of drug-likeness (QED) is 0.633. The van der Waals surface area contributed by atoms with E-state index in [4.69, 9.17) is 0 Å². The Hall–Kier alpha value is -2.07. The molecule has 6 nitrogen and oxygen atoms in total. The number of thiazole rings is 1. The van der Waals surface area contributed by atoms with Crippen molar-refractivity contribution in [2.45, 2.75) is 11.8 Å². The fraction of sp³-hybridized carbons (Fsp3) is 0.263. The number of aryl methyl sites for hydroxylation is 1. The monoisotopic (exact) mass is 433 g/mol. The molecule has 0 atom stereocenters. The van der Waals surface area contributed by atoms with Crippen LogP contribution >= 0.6 is 22.7 Å². The lowest BCUT2D eigenvalue weighted by Crippen LogP contribution is -2.50. The molecule has 4 rings (SSSR count). The number of benzene rings is 1. The predicted molar refractivity (Wildman–Crippen MR) is 111 cm³/mol. The van der Waals surface area contributed by atoms with Crippen molar-refractivity contribution in [3.8, 4) is 9.88 Å². The number of nitrogens with zero attached hydrogens (tertiary/aromatic N) is 3. The minimum absolute atomic E-state index is 0.0901. The first kappa shape index (κ1) is 19.3. The summed E-state index contributed by atoms with van der Waals surface area (Å²) in [6.45, 7) is 3.24. The standard InChI is InChI=1S/C19H19N3O3S3/c1-14-4-6-15(7-5-14)28(24,25)22-10-8-21(9-11-22)19(23)17-13-20-18(27-17)16-3-2-12-26-16/h2-7,12-13H,8-11H2,1H3. The highest BCUT2D eigenvalue weighted by Gasteiger charge is 2.31. The lowest BCUT2D eigenvalue weighted by molar-refractivity contribution is 0.0702. The number of piperazine rings is 1. The molecule has 1 fully saturated rings. The fourth-order valence-corrected chi connectivity index (χ4v) is 6.14. The maximum atomic E-state index is 12.8. The maximum absolute atomic E-state index is 12.8. The lowest BCUT2D eigenvalue weighted by atomic mass is 10.2. The van der Waals surface area contributed by atoms with Crippen molar-refractivity contribution < 1.29 is 13.2 Å². The lowest BCUT2D eigenvalue weighted by Gasteiger charge is -2.33. The van der Waals surface area contributed by atoms with Crippen molar-refractivity contribution in [3.63, 3.8) is 0 Å². The van der Waals surface area contributed by atoms with Gasteiger partial charge in [0.15, 0.2) is 0 Å². The highest BCUT2D eigenvalue weighted by atomic mass is 32.2. The van der Waals surface area contributed by atoms with E-state index in [9.17, 15) is 13.2 Å². The second-order valence-corrected chi connectivity index (χ2v) is 10.4. The SMILES string of the molecule is Cc1ccc(S(=O)(=O)N2CCN(C(=O)c3cnc(-c4cccs4)s3)CC2)cc1. The third-order valence-corrected chi connectivity index (χ3v) is 8.57. The Morgan fingerprint density at radius 1 is 1.07 bits per heavy atom. The Labute approximate surface area is 172 Å². The Morgan fingerprint density at radius 3 is 2.43 bits per heavy atom. The normalized spacial score (nSPS) is 15.7. The molecule has 1 amide bonds. The number of hydrogen-bond acceptors (Lipinski definition) is 6. The van der Waals surface area contributed by atoms with Crippen LogP contribution in [0, 0.1) is 6.92 Å². The second kappa shape index (κ2) is 7.75. The van der Waals surface area contributed by atoms with Crippen LogP contribution in [0.2, 0.25) is 0 Å². The molecule has 1 aliphatic heterocycles. The number of carbonyl (C=O) groups excluding carboxylic acids is 1. The molecule has 0 radical (unpaired) electrons. The zero-order valence-electron chi connectivity index (χ0n) is 15.2. The second-order valence-electron chi connectivity index (χ2n) is 6.52. The summed E-state index contributed by atoms with van der Waals surface area (Å²) in [6.07, 6.45) is 1.61. The average molecular weight is 434 g/mol. The summed E-state index contributed by atoms with van der Waals surface area (Å²) in [5.74, 6) is -0.0901. The van der Waals surface area contributed by atoms with Crippen molar-refractivity contribution >= 4 is 38.6 Å². The Morgan fingerprint density at radius 2 is 1.79 bits per heavy atom. The largest absolute Gasteiger partial charge is 0.335 e. The van der Waals surface area contributed by atoms with Gasteiger partial charge in [0.2, 0.25) is 10.0 Å². The summed E-state index contributed by atoms with van der Waals surface area (Å²) in [5.41, 5.74) is 1.01. The third-order valence-electron chi connectivity index (χ3n) is 4.63. The molecular weight excluding hydrogens is 414 g/mol. The molecule has 0 spiro atoms. The van der Waals surface area contributed by atoms with E-state index in [0.29, 0.717) is 36.0 Å². The highest BCUT2D eigenvalue weighted by molar-refractivity contribution is 7.89. The molecule has 0 bridgehead atoms. The van der Waals surface area contributed by atoms with Crippen molar-refractivity contribution in [3.05, 3.63) is 58.4 Å². The topological polar surface area (TPSA) is 70.6 Å². The minimum atomic E-state index is -3.53. The van der Waals surface area contributed by atoms with Crippen LogP contribution in [0.3, 0.4) is 0 Å². The van der Waals surface area contributed by atoms with Gasteiger partial charge >= 0.3 is 0 Å². The Bertz CT molecular complexity index is 1070. The van der Waals surface area contributed by atoms with Gasteiger partial charge < -0.3 is 4.90 Å². The van der Waals surface area contributed by atoms with E-state index in [2.05, 4.69) is 4.98 Å². The van der Waals surface area contributed by atoms with E-state index in [1.54, 1.807) is 46.7 Å². The maximum Gasteiger partial charge on any atom is 0.265 e. The van der Waals surface area contributed by atoms with Crippen LogP contribution in [0.4, 0.5) is 0 Å². The summed E-state index contributed by atoms with van der Waals surface area (Å²) >= 11 is 2.96. The number of aromatic nitrogens is 1. The average Bonchev–Trinajstić information content (AvgIpc) is 3.39. The van der Waals surface area contributed by atoms with Gasteiger partial charge in [0.25, 0.3) is 5.91 Å². The molecule has 0 saturated carbocycles. The number of rotatable bonds is 4. The van der Waals surface area contributed by atoms with E-state index < -0.39 is 10.0 Å². The van der Waals surface area contributed by atoms with Crippen molar-refractivity contribution in [1.82, 2.24) is 14.2 Å². The molecule has 1 aliphatic rings. The van der Waals surface area contributed by atoms with E-state index in [-0.39, 0.29) is 5.91 Å². The summed E-state index contributed by atoms with van der Waals surface area (Å²) in [5, 5.41) is 2.81. The van der Waals surface area contributed by atoms with Gasteiger partial charge in [-0.15, -0.1) is 22.7 Å². The first-order chi connectivity index (χ1) is 13.4. The Kier molecular flexibility index (Phi) is 5.33. The zero-order valence-corrected chi connectivity index (χ0v) is 17.7. The van der Waals surface area contributed by atoms with Crippen molar-refractivity contribution in [2.24, 2.45) is 0 Å². The van der Waals surface area contributed by atoms with Crippen LogP contribution in [-0.2, 0) is 10.0 Å². The van der Waals surface area contributed by atoms with Gasteiger partial charge in [-0.25, -0.2) is 13.4 Å². The van der Waals surface area contributed by atoms with Crippen LogP contribution < -0.4 is 0 Å². The molecule has 28 heavy (non-hydrogen) atoms. The Balaban J connectivity index is 1.42. The zero-order chi connectivity index (χ0) is 19.7.